The van der Waals surface area contributed by atoms with Gasteiger partial charge in [-0.3, -0.25) is 4.79 Å². The van der Waals surface area contributed by atoms with E-state index in [4.69, 9.17) is 16.2 Å². The fraction of sp³-hybridized carbons (Fsp3) is 0.333. The monoisotopic (exact) mass is 456 g/mol. The summed E-state index contributed by atoms with van der Waals surface area (Å²) >= 11 is 4.25. The fourth-order valence-corrected chi connectivity index (χ4v) is 4.99. The number of hydrogen-bond donors (Lipinski definition) is 1. The quantitative estimate of drug-likeness (QED) is 0.504. The molecule has 7 heteroatoms. The van der Waals surface area contributed by atoms with Crippen molar-refractivity contribution < 1.29 is 8.76 Å². The molecule has 0 aliphatic heterocycles. The molecule has 0 spiro atoms. The van der Waals surface area contributed by atoms with Gasteiger partial charge in [-0.25, -0.2) is 4.21 Å². The SMILES string of the molecule is O=c1c(CC2CCCCC2)c(-c2ccc(CS(=O)O)cc2)cnn1-c1cccc(Cl)c1. The standard InChI is InChI=1S/C24H25ClN2O3S/c25-20-7-4-8-21(14-20)27-24(28)22(13-17-5-2-1-3-6-17)23(15-26-27)19-11-9-18(10-12-19)16-31(29)30/h4,7-12,14-15,17H,1-3,5-6,13,16H2,(H,29,30). The fourth-order valence-electron chi connectivity index (χ4n) is 4.33. The molecule has 31 heavy (non-hydrogen) atoms. The lowest BCUT2D eigenvalue weighted by Crippen LogP contribution is -2.27. The summed E-state index contributed by atoms with van der Waals surface area (Å²) in [5, 5.41) is 5.00. The predicted molar refractivity (Wildman–Crippen MR) is 125 cm³/mol. The van der Waals surface area contributed by atoms with Crippen molar-refractivity contribution in [2.45, 2.75) is 44.3 Å². The molecule has 0 amide bonds. The van der Waals surface area contributed by atoms with Crippen LogP contribution in [-0.4, -0.2) is 18.5 Å². The summed E-state index contributed by atoms with van der Waals surface area (Å²) in [6, 6.07) is 14.6. The molecule has 1 aliphatic rings. The Balaban J connectivity index is 1.77. The molecule has 1 saturated carbocycles. The van der Waals surface area contributed by atoms with E-state index in [9.17, 15) is 9.00 Å². The summed E-state index contributed by atoms with van der Waals surface area (Å²) in [7, 11) is 0. The van der Waals surface area contributed by atoms with Crippen molar-refractivity contribution in [1.29, 1.82) is 0 Å². The van der Waals surface area contributed by atoms with Crippen molar-refractivity contribution in [2.24, 2.45) is 5.92 Å². The number of nitrogens with zero attached hydrogens (tertiary/aromatic N) is 2. The summed E-state index contributed by atoms with van der Waals surface area (Å²) in [5.41, 5.74) is 3.78. The molecule has 1 N–H and O–H groups in total. The van der Waals surface area contributed by atoms with Crippen molar-refractivity contribution in [2.75, 3.05) is 0 Å². The molecule has 0 saturated heterocycles. The zero-order valence-corrected chi connectivity index (χ0v) is 18.7. The summed E-state index contributed by atoms with van der Waals surface area (Å²) in [4.78, 5) is 13.5. The van der Waals surface area contributed by atoms with Gasteiger partial charge in [0, 0.05) is 16.1 Å². The minimum atomic E-state index is -1.88. The van der Waals surface area contributed by atoms with Gasteiger partial charge < -0.3 is 4.55 Å². The van der Waals surface area contributed by atoms with Gasteiger partial charge in [-0.15, -0.1) is 0 Å². The van der Waals surface area contributed by atoms with E-state index in [1.54, 1.807) is 18.3 Å². The second kappa shape index (κ2) is 9.90. The Labute approximate surface area is 189 Å². The molecule has 1 fully saturated rings. The molecule has 1 unspecified atom stereocenters. The highest BCUT2D eigenvalue weighted by Crippen LogP contribution is 2.30. The van der Waals surface area contributed by atoms with E-state index in [0.717, 1.165) is 41.5 Å². The molecular formula is C24H25ClN2O3S. The van der Waals surface area contributed by atoms with E-state index in [2.05, 4.69) is 5.10 Å². The highest BCUT2D eigenvalue weighted by Gasteiger charge is 2.20. The van der Waals surface area contributed by atoms with Crippen LogP contribution in [0.2, 0.25) is 5.02 Å². The molecule has 4 rings (SSSR count). The van der Waals surface area contributed by atoms with E-state index in [1.165, 1.54) is 23.9 Å². The first-order valence-corrected chi connectivity index (χ1v) is 12.2. The van der Waals surface area contributed by atoms with Crippen molar-refractivity contribution in [3.63, 3.8) is 0 Å². The summed E-state index contributed by atoms with van der Waals surface area (Å²) in [5.74, 6) is 0.579. The lowest BCUT2D eigenvalue weighted by Gasteiger charge is -2.22. The second-order valence-corrected chi connectivity index (χ2v) is 9.47. The van der Waals surface area contributed by atoms with Crippen LogP contribution in [0.3, 0.4) is 0 Å². The largest absolute Gasteiger partial charge is 0.306 e. The molecule has 0 radical (unpaired) electrons. The molecule has 3 aromatic rings. The summed E-state index contributed by atoms with van der Waals surface area (Å²) in [6.45, 7) is 0. The zero-order chi connectivity index (χ0) is 21.8. The maximum Gasteiger partial charge on any atom is 0.275 e. The van der Waals surface area contributed by atoms with Gasteiger partial charge in [0.2, 0.25) is 0 Å². The van der Waals surface area contributed by atoms with Crippen LogP contribution in [0.4, 0.5) is 0 Å². The Morgan fingerprint density at radius 3 is 2.52 bits per heavy atom. The van der Waals surface area contributed by atoms with Crippen LogP contribution < -0.4 is 5.56 Å². The third kappa shape index (κ3) is 5.32. The molecule has 0 bridgehead atoms. The minimum absolute atomic E-state index is 0.0871. The number of halogens is 1. The average molecular weight is 457 g/mol. The van der Waals surface area contributed by atoms with Crippen molar-refractivity contribution in [3.05, 3.63) is 81.2 Å². The molecular weight excluding hydrogens is 432 g/mol. The number of hydrogen-bond acceptors (Lipinski definition) is 3. The predicted octanol–water partition coefficient (Wildman–Crippen LogP) is 5.40. The van der Waals surface area contributed by atoms with Crippen LogP contribution in [0.5, 0.6) is 0 Å². The minimum Gasteiger partial charge on any atom is -0.306 e. The van der Waals surface area contributed by atoms with Crippen LogP contribution in [0.1, 0.15) is 43.2 Å². The number of benzene rings is 2. The van der Waals surface area contributed by atoms with Gasteiger partial charge in [0.15, 0.2) is 11.1 Å². The Morgan fingerprint density at radius 1 is 1.10 bits per heavy atom. The van der Waals surface area contributed by atoms with E-state index in [1.807, 2.05) is 36.4 Å². The molecule has 1 aromatic heterocycles. The smallest absolute Gasteiger partial charge is 0.275 e. The summed E-state index contributed by atoms with van der Waals surface area (Å²) in [6.07, 6.45) is 8.43. The second-order valence-electron chi connectivity index (χ2n) is 8.10. The maximum absolute atomic E-state index is 13.5. The molecule has 1 aliphatic carbocycles. The van der Waals surface area contributed by atoms with Crippen molar-refractivity contribution in [3.8, 4) is 16.8 Å². The highest BCUT2D eigenvalue weighted by molar-refractivity contribution is 7.78. The topological polar surface area (TPSA) is 72.2 Å². The van der Waals surface area contributed by atoms with E-state index < -0.39 is 11.1 Å². The average Bonchev–Trinajstić information content (AvgIpc) is 2.76. The van der Waals surface area contributed by atoms with Gasteiger partial charge in [0.05, 0.1) is 17.6 Å². The van der Waals surface area contributed by atoms with Crippen LogP contribution in [0, 0.1) is 5.92 Å². The van der Waals surface area contributed by atoms with Gasteiger partial charge in [-0.1, -0.05) is 74.0 Å². The first-order valence-electron chi connectivity index (χ1n) is 10.5. The van der Waals surface area contributed by atoms with Crippen molar-refractivity contribution in [1.82, 2.24) is 9.78 Å². The van der Waals surface area contributed by atoms with Gasteiger partial charge >= 0.3 is 0 Å². The van der Waals surface area contributed by atoms with Gasteiger partial charge in [0.25, 0.3) is 5.56 Å². The van der Waals surface area contributed by atoms with E-state index >= 15 is 0 Å². The molecule has 1 heterocycles. The van der Waals surface area contributed by atoms with Crippen LogP contribution in [0.15, 0.2) is 59.5 Å². The zero-order valence-electron chi connectivity index (χ0n) is 17.2. The Hall–Kier alpha value is -2.28. The first-order chi connectivity index (χ1) is 15.0. The molecule has 162 valence electrons. The third-order valence-corrected chi connectivity index (χ3v) is 6.72. The Kier molecular flexibility index (Phi) is 7.00. The summed E-state index contributed by atoms with van der Waals surface area (Å²) < 4.78 is 21.6. The molecule has 1 atom stereocenters. The lowest BCUT2D eigenvalue weighted by molar-refractivity contribution is 0.355. The number of aromatic nitrogens is 2. The Morgan fingerprint density at radius 2 is 1.84 bits per heavy atom. The highest BCUT2D eigenvalue weighted by atomic mass is 35.5. The lowest BCUT2D eigenvalue weighted by atomic mass is 9.83. The Bertz CT molecular complexity index is 1140. The first kappa shape index (κ1) is 21.9. The van der Waals surface area contributed by atoms with Crippen LogP contribution >= 0.6 is 11.6 Å². The third-order valence-electron chi connectivity index (χ3n) is 5.90. The van der Waals surface area contributed by atoms with Crippen LogP contribution in [0.25, 0.3) is 16.8 Å². The van der Waals surface area contributed by atoms with Crippen LogP contribution in [-0.2, 0) is 23.3 Å². The molecule has 5 nitrogen and oxygen atoms in total. The molecule has 2 aromatic carbocycles. The van der Waals surface area contributed by atoms with Gasteiger partial charge in [-0.2, -0.15) is 9.78 Å². The van der Waals surface area contributed by atoms with Crippen molar-refractivity contribution >= 4 is 22.7 Å². The number of rotatable bonds is 6. The maximum atomic E-state index is 13.5. The van der Waals surface area contributed by atoms with E-state index in [0.29, 0.717) is 16.6 Å². The van der Waals surface area contributed by atoms with Gasteiger partial charge in [-0.05, 0) is 41.7 Å². The normalized spacial score (nSPS) is 15.7. The van der Waals surface area contributed by atoms with E-state index in [-0.39, 0.29) is 11.3 Å². The van der Waals surface area contributed by atoms with Gasteiger partial charge in [0.1, 0.15) is 0 Å².